The molecule has 37 heavy (non-hydrogen) atoms. The number of hydrogen-bond acceptors (Lipinski definition) is 3. The van der Waals surface area contributed by atoms with Gasteiger partial charge < -0.3 is 15.1 Å². The molecule has 1 N–H and O–H groups in total. The van der Waals surface area contributed by atoms with Crippen molar-refractivity contribution < 1.29 is 9.59 Å². The van der Waals surface area contributed by atoms with Gasteiger partial charge in [0.25, 0.3) is 5.91 Å². The fourth-order valence-corrected chi connectivity index (χ4v) is 5.92. The van der Waals surface area contributed by atoms with Crippen molar-refractivity contribution in [3.8, 4) is 0 Å². The summed E-state index contributed by atoms with van der Waals surface area (Å²) in [7, 11) is 0. The zero-order valence-electron chi connectivity index (χ0n) is 20.9. The van der Waals surface area contributed by atoms with E-state index in [0.717, 1.165) is 54.5 Å². The van der Waals surface area contributed by atoms with E-state index in [1.807, 2.05) is 65.6 Å². The average molecular weight is 490 g/mol. The van der Waals surface area contributed by atoms with Gasteiger partial charge in [-0.05, 0) is 66.0 Å². The second-order valence-corrected chi connectivity index (χ2v) is 10.1. The molecule has 2 aliphatic heterocycles. The van der Waals surface area contributed by atoms with E-state index in [-0.39, 0.29) is 11.8 Å². The molecular weight excluding hydrogens is 458 g/mol. The van der Waals surface area contributed by atoms with Crippen molar-refractivity contribution in [3.63, 3.8) is 0 Å². The van der Waals surface area contributed by atoms with Crippen molar-refractivity contribution in [2.45, 2.75) is 24.8 Å². The molecule has 4 aromatic rings. The zero-order valence-corrected chi connectivity index (χ0v) is 20.9. The van der Waals surface area contributed by atoms with E-state index in [1.54, 1.807) is 0 Å². The van der Waals surface area contributed by atoms with E-state index in [9.17, 15) is 9.59 Å². The quantitative estimate of drug-likeness (QED) is 0.408. The largest absolute Gasteiger partial charge is 0.351 e. The first-order valence-electron chi connectivity index (χ1n) is 13.1. The second-order valence-electron chi connectivity index (χ2n) is 10.1. The van der Waals surface area contributed by atoms with Crippen LogP contribution in [-0.2, 0) is 16.8 Å². The number of carbonyl (C=O) groups excluding carboxylic acids is 2. The van der Waals surface area contributed by atoms with Gasteiger partial charge in [-0.2, -0.15) is 0 Å². The first kappa shape index (κ1) is 23.4. The monoisotopic (exact) mass is 489 g/mol. The SMILES string of the molecule is O=C(NCCN1CCC2(CC1)C(=O)N(Cc1ccccc1)c1ccccc12)c1ccc2ccccc2c1. The van der Waals surface area contributed by atoms with Crippen LogP contribution in [0.2, 0.25) is 0 Å². The lowest BCUT2D eigenvalue weighted by Crippen LogP contribution is -2.49. The molecule has 5 nitrogen and oxygen atoms in total. The first-order valence-corrected chi connectivity index (χ1v) is 13.1. The Labute approximate surface area is 217 Å². The summed E-state index contributed by atoms with van der Waals surface area (Å²) in [5.74, 6) is 0.178. The fraction of sp³-hybridized carbons (Fsp3) is 0.250. The molecule has 0 bridgehead atoms. The highest BCUT2D eigenvalue weighted by Crippen LogP contribution is 2.48. The Balaban J connectivity index is 1.08. The van der Waals surface area contributed by atoms with Gasteiger partial charge in [-0.15, -0.1) is 0 Å². The third-order valence-electron chi connectivity index (χ3n) is 7.98. The smallest absolute Gasteiger partial charge is 0.251 e. The van der Waals surface area contributed by atoms with Crippen molar-refractivity contribution >= 4 is 28.3 Å². The minimum Gasteiger partial charge on any atom is -0.351 e. The molecule has 0 saturated carbocycles. The lowest BCUT2D eigenvalue weighted by molar-refractivity contribution is -0.125. The number of anilines is 1. The van der Waals surface area contributed by atoms with E-state index >= 15 is 0 Å². The summed E-state index contributed by atoms with van der Waals surface area (Å²) < 4.78 is 0. The topological polar surface area (TPSA) is 52.7 Å². The molecule has 6 rings (SSSR count). The van der Waals surface area contributed by atoms with Crippen LogP contribution in [0.3, 0.4) is 0 Å². The lowest BCUT2D eigenvalue weighted by atomic mass is 9.73. The van der Waals surface area contributed by atoms with Gasteiger partial charge in [0.1, 0.15) is 0 Å². The maximum atomic E-state index is 13.9. The normalized spacial score (nSPS) is 16.8. The number of fused-ring (bicyclic) bond motifs is 3. The Hall–Kier alpha value is -3.96. The number of likely N-dealkylation sites (tertiary alicyclic amines) is 1. The first-order chi connectivity index (χ1) is 18.1. The van der Waals surface area contributed by atoms with Gasteiger partial charge in [0, 0.05) is 24.3 Å². The summed E-state index contributed by atoms with van der Waals surface area (Å²) in [6.45, 7) is 3.64. The number of piperidine rings is 1. The van der Waals surface area contributed by atoms with E-state index in [0.29, 0.717) is 18.7 Å². The predicted molar refractivity (Wildman–Crippen MR) is 148 cm³/mol. The molecule has 0 aromatic heterocycles. The second kappa shape index (κ2) is 9.83. The molecule has 1 saturated heterocycles. The molecule has 0 radical (unpaired) electrons. The van der Waals surface area contributed by atoms with Crippen LogP contribution in [0.15, 0.2) is 97.1 Å². The minimum atomic E-state index is -0.448. The van der Waals surface area contributed by atoms with E-state index in [1.165, 1.54) is 5.56 Å². The van der Waals surface area contributed by atoms with Gasteiger partial charge >= 0.3 is 0 Å². The number of para-hydroxylation sites is 1. The van der Waals surface area contributed by atoms with Gasteiger partial charge in [-0.25, -0.2) is 0 Å². The van der Waals surface area contributed by atoms with Gasteiger partial charge in [-0.1, -0.05) is 78.9 Å². The van der Waals surface area contributed by atoms with Crippen LogP contribution in [0.25, 0.3) is 10.8 Å². The molecule has 0 atom stereocenters. The molecule has 4 aromatic carbocycles. The van der Waals surface area contributed by atoms with Crippen LogP contribution in [0.5, 0.6) is 0 Å². The van der Waals surface area contributed by atoms with Crippen LogP contribution >= 0.6 is 0 Å². The van der Waals surface area contributed by atoms with Crippen molar-refractivity contribution in [1.29, 1.82) is 0 Å². The number of nitrogens with one attached hydrogen (secondary N) is 1. The highest BCUT2D eigenvalue weighted by Gasteiger charge is 2.51. The van der Waals surface area contributed by atoms with Crippen LogP contribution < -0.4 is 10.2 Å². The van der Waals surface area contributed by atoms with Crippen LogP contribution in [0.1, 0.15) is 34.3 Å². The Morgan fingerprint density at radius 3 is 2.32 bits per heavy atom. The summed E-state index contributed by atoms with van der Waals surface area (Å²) in [6, 6.07) is 32.4. The van der Waals surface area contributed by atoms with Gasteiger partial charge in [0.05, 0.1) is 12.0 Å². The summed E-state index contributed by atoms with van der Waals surface area (Å²) >= 11 is 0. The summed E-state index contributed by atoms with van der Waals surface area (Å²) in [5.41, 5.74) is 3.59. The van der Waals surface area contributed by atoms with Crippen molar-refractivity contribution in [3.05, 3.63) is 114 Å². The molecule has 0 unspecified atom stereocenters. The lowest BCUT2D eigenvalue weighted by Gasteiger charge is -2.38. The molecule has 0 aliphatic carbocycles. The van der Waals surface area contributed by atoms with Crippen LogP contribution in [-0.4, -0.2) is 42.9 Å². The molecule has 2 aliphatic rings. The van der Waals surface area contributed by atoms with Gasteiger partial charge in [-0.3, -0.25) is 9.59 Å². The number of rotatable bonds is 6. The highest BCUT2D eigenvalue weighted by atomic mass is 16.2. The molecular formula is C32H31N3O2. The van der Waals surface area contributed by atoms with E-state index in [2.05, 4.69) is 46.6 Å². The number of nitrogens with zero attached hydrogens (tertiary/aromatic N) is 2. The third kappa shape index (κ3) is 4.40. The maximum absolute atomic E-state index is 13.9. The molecule has 1 spiro atoms. The van der Waals surface area contributed by atoms with Crippen molar-refractivity contribution in [2.75, 3.05) is 31.1 Å². The summed E-state index contributed by atoms with van der Waals surface area (Å²) in [5, 5.41) is 5.27. The molecule has 186 valence electrons. The number of benzene rings is 4. The predicted octanol–water partition coefficient (Wildman–Crippen LogP) is 5.15. The average Bonchev–Trinajstić information content (AvgIpc) is 3.17. The number of carbonyl (C=O) groups is 2. The molecule has 2 heterocycles. The van der Waals surface area contributed by atoms with Crippen molar-refractivity contribution in [2.24, 2.45) is 0 Å². The maximum Gasteiger partial charge on any atom is 0.251 e. The van der Waals surface area contributed by atoms with Crippen molar-refractivity contribution in [1.82, 2.24) is 10.2 Å². The summed E-state index contributed by atoms with van der Waals surface area (Å²) in [4.78, 5) is 30.9. The molecule has 1 fully saturated rings. The van der Waals surface area contributed by atoms with Gasteiger partial charge in [0.15, 0.2) is 0 Å². The Morgan fingerprint density at radius 2 is 1.51 bits per heavy atom. The highest BCUT2D eigenvalue weighted by molar-refractivity contribution is 6.08. The standard InChI is InChI=1S/C32H31N3O2/c36-30(27-15-14-25-10-4-5-11-26(25)22-27)33-18-21-34-19-16-32(17-20-34)28-12-6-7-13-29(28)35(31(32)37)23-24-8-2-1-3-9-24/h1-15,22H,16-21,23H2,(H,33,36). The van der Waals surface area contributed by atoms with Crippen LogP contribution in [0.4, 0.5) is 5.69 Å². The number of hydrogen-bond donors (Lipinski definition) is 1. The third-order valence-corrected chi connectivity index (χ3v) is 7.98. The Kier molecular flexibility index (Phi) is 6.23. The Morgan fingerprint density at radius 1 is 0.811 bits per heavy atom. The van der Waals surface area contributed by atoms with Gasteiger partial charge in [0.2, 0.25) is 5.91 Å². The fourth-order valence-electron chi connectivity index (χ4n) is 5.92. The summed E-state index contributed by atoms with van der Waals surface area (Å²) in [6.07, 6.45) is 1.60. The zero-order chi connectivity index (χ0) is 25.2. The number of amides is 2. The van der Waals surface area contributed by atoms with E-state index < -0.39 is 5.41 Å². The molecule has 5 heteroatoms. The van der Waals surface area contributed by atoms with E-state index in [4.69, 9.17) is 0 Å². The molecule has 2 amide bonds. The van der Waals surface area contributed by atoms with Crippen LogP contribution in [0, 0.1) is 0 Å². The minimum absolute atomic E-state index is 0.0457. The Bertz CT molecular complexity index is 1440.